The molecule has 0 amide bonds. The molecule has 1 saturated carbocycles. The van der Waals surface area contributed by atoms with Gasteiger partial charge in [0.05, 0.1) is 29.2 Å². The molecule has 39 heavy (non-hydrogen) atoms. The van der Waals surface area contributed by atoms with Gasteiger partial charge in [0.2, 0.25) is 0 Å². The third-order valence-corrected chi connectivity index (χ3v) is 9.96. The van der Waals surface area contributed by atoms with Crippen molar-refractivity contribution >= 4 is 16.8 Å². The molecule has 1 unspecified atom stereocenters. The number of nitrogens with zero attached hydrogens (tertiary/aromatic N) is 2. The van der Waals surface area contributed by atoms with Gasteiger partial charge in [0.15, 0.2) is 0 Å². The van der Waals surface area contributed by atoms with Crippen molar-refractivity contribution in [3.05, 3.63) is 77.5 Å². The third kappa shape index (κ3) is 5.07. The average molecular weight is 551 g/mol. The number of aliphatic hydroxyl groups is 1. The fourth-order valence-corrected chi connectivity index (χ4v) is 7.21. The number of ketones is 1. The van der Waals surface area contributed by atoms with Crippen molar-refractivity contribution in [3.63, 3.8) is 0 Å². The SMILES string of the molecule is CC1(C)COc2ccc(C3(C(=O)Cc4cccc(-c5ccc(S(=O)N6CCC[C@@H]6CO)cc5)n4)CC3)cc21.O.[HH]. The van der Waals surface area contributed by atoms with E-state index in [4.69, 9.17) is 9.72 Å². The number of fused-ring (bicyclic) bond motifs is 1. The van der Waals surface area contributed by atoms with Crippen molar-refractivity contribution < 1.29 is 25.7 Å². The highest BCUT2D eigenvalue weighted by Crippen LogP contribution is 2.51. The van der Waals surface area contributed by atoms with Gasteiger partial charge in [-0.05, 0) is 61.6 Å². The largest absolute Gasteiger partial charge is 0.492 e. The minimum Gasteiger partial charge on any atom is -0.492 e. The zero-order valence-corrected chi connectivity index (χ0v) is 23.3. The molecule has 3 heterocycles. The van der Waals surface area contributed by atoms with Gasteiger partial charge in [-0.1, -0.05) is 44.2 Å². The summed E-state index contributed by atoms with van der Waals surface area (Å²) in [4.78, 5) is 19.1. The fourth-order valence-electron chi connectivity index (χ4n) is 5.83. The van der Waals surface area contributed by atoms with E-state index in [-0.39, 0.29) is 30.7 Å². The number of Topliss-reactive ketones (excluding diaryl/α,β-unsaturated/α-hetero) is 1. The summed E-state index contributed by atoms with van der Waals surface area (Å²) >= 11 is 0. The molecule has 1 aromatic heterocycles. The molecule has 2 fully saturated rings. The second kappa shape index (κ2) is 10.6. The first-order chi connectivity index (χ1) is 18.3. The number of rotatable bonds is 8. The summed E-state index contributed by atoms with van der Waals surface area (Å²) in [6.07, 6.45) is 3.86. The number of carbonyl (C=O) groups is 1. The standard InChI is InChI=1S/C31H34N2O4S.H2O.H2/c1-30(2)20-37-28-13-10-22(17-26(28)30)31(14-15-31)29(35)18-23-5-3-7-27(32-23)21-8-11-25(12-9-21)38(36)33-16-4-6-24(33)19-34;;/h3,5,7-13,17,24,34H,4,6,14-16,18-20H2,1-2H3;1H2;1H/t24-,38?;;/m1../s1. The Bertz CT molecular complexity index is 1410. The molecular weight excluding hydrogens is 512 g/mol. The summed E-state index contributed by atoms with van der Waals surface area (Å²) in [6, 6.07) is 19.6. The number of hydrogen-bond acceptors (Lipinski definition) is 5. The molecule has 3 aliphatic rings. The number of hydrogen-bond donors (Lipinski definition) is 1. The normalized spacial score (nSPS) is 21.5. The van der Waals surface area contributed by atoms with Crippen LogP contribution in [0.15, 0.2) is 65.6 Å². The van der Waals surface area contributed by atoms with Crippen molar-refractivity contribution in [2.45, 2.75) is 67.7 Å². The predicted molar refractivity (Wildman–Crippen MR) is 153 cm³/mol. The Balaban J connectivity index is 0.00000185. The second-order valence-corrected chi connectivity index (χ2v) is 12.9. The molecule has 2 aliphatic heterocycles. The van der Waals surface area contributed by atoms with Crippen molar-refractivity contribution in [1.29, 1.82) is 0 Å². The second-order valence-electron chi connectivity index (χ2n) is 11.5. The zero-order chi connectivity index (χ0) is 26.5. The van der Waals surface area contributed by atoms with Crippen LogP contribution in [0.5, 0.6) is 5.75 Å². The van der Waals surface area contributed by atoms with E-state index in [1.165, 1.54) is 5.56 Å². The highest BCUT2D eigenvalue weighted by molar-refractivity contribution is 7.82. The van der Waals surface area contributed by atoms with E-state index >= 15 is 0 Å². The smallest absolute Gasteiger partial charge is 0.149 e. The first-order valence-corrected chi connectivity index (χ1v) is 14.6. The summed E-state index contributed by atoms with van der Waals surface area (Å²) in [5, 5.41) is 9.58. The number of ether oxygens (including phenoxy) is 1. The van der Waals surface area contributed by atoms with Gasteiger partial charge in [-0.3, -0.25) is 9.78 Å². The maximum absolute atomic E-state index is 13.6. The topological polar surface area (TPSA) is 111 Å². The summed E-state index contributed by atoms with van der Waals surface area (Å²) < 4.78 is 20.7. The van der Waals surface area contributed by atoms with E-state index in [1.54, 1.807) is 0 Å². The van der Waals surface area contributed by atoms with Gasteiger partial charge in [-0.2, -0.15) is 0 Å². The van der Waals surface area contributed by atoms with Crippen LogP contribution in [-0.2, 0) is 33.0 Å². The van der Waals surface area contributed by atoms with Crippen LogP contribution in [0.4, 0.5) is 0 Å². The van der Waals surface area contributed by atoms with Crippen LogP contribution in [0.2, 0.25) is 0 Å². The summed E-state index contributed by atoms with van der Waals surface area (Å²) in [5.41, 5.74) is 4.30. The van der Waals surface area contributed by atoms with E-state index in [9.17, 15) is 14.1 Å². The highest BCUT2D eigenvalue weighted by Gasteiger charge is 2.51. The van der Waals surface area contributed by atoms with Crippen LogP contribution in [0.3, 0.4) is 0 Å². The predicted octanol–water partition coefficient (Wildman–Crippen LogP) is 4.16. The molecular formula is C31H38N2O5S. The molecule has 7 nitrogen and oxygen atoms in total. The van der Waals surface area contributed by atoms with Gasteiger partial charge in [0.25, 0.3) is 0 Å². The lowest BCUT2D eigenvalue weighted by molar-refractivity contribution is -0.120. The van der Waals surface area contributed by atoms with Crippen molar-refractivity contribution in [2.24, 2.45) is 0 Å². The van der Waals surface area contributed by atoms with E-state index in [2.05, 4.69) is 26.0 Å². The molecule has 0 spiro atoms. The molecule has 1 saturated heterocycles. The molecule has 0 radical (unpaired) electrons. The van der Waals surface area contributed by atoms with E-state index in [0.717, 1.165) is 65.4 Å². The van der Waals surface area contributed by atoms with Crippen molar-refractivity contribution in [2.75, 3.05) is 19.8 Å². The molecule has 1 aliphatic carbocycles. The maximum atomic E-state index is 13.6. The molecule has 2 atom stereocenters. The number of carbonyl (C=O) groups excluding carboxylic acids is 1. The third-order valence-electron chi connectivity index (χ3n) is 8.38. The number of pyridine rings is 1. The zero-order valence-electron chi connectivity index (χ0n) is 22.5. The van der Waals surface area contributed by atoms with Crippen LogP contribution < -0.4 is 4.74 Å². The Morgan fingerprint density at radius 1 is 1.15 bits per heavy atom. The Kier molecular flexibility index (Phi) is 7.50. The Morgan fingerprint density at radius 3 is 2.64 bits per heavy atom. The van der Waals surface area contributed by atoms with Gasteiger partial charge in [0.1, 0.15) is 22.5 Å². The van der Waals surface area contributed by atoms with Gasteiger partial charge < -0.3 is 15.3 Å². The van der Waals surface area contributed by atoms with E-state index < -0.39 is 16.4 Å². The lowest BCUT2D eigenvalue weighted by atomic mass is 9.82. The summed E-state index contributed by atoms with van der Waals surface area (Å²) in [6.45, 7) is 5.79. The molecule has 3 aromatic rings. The monoisotopic (exact) mass is 550 g/mol. The van der Waals surface area contributed by atoms with Gasteiger partial charge in [-0.25, -0.2) is 8.51 Å². The lowest BCUT2D eigenvalue weighted by Gasteiger charge is -2.21. The minimum absolute atomic E-state index is 0. The molecule has 0 bridgehead atoms. The van der Waals surface area contributed by atoms with Crippen LogP contribution >= 0.6 is 0 Å². The maximum Gasteiger partial charge on any atom is 0.149 e. The van der Waals surface area contributed by atoms with Crippen LogP contribution in [0.1, 0.15) is 57.8 Å². The molecule has 208 valence electrons. The first kappa shape index (κ1) is 27.6. The van der Waals surface area contributed by atoms with Gasteiger partial charge in [-0.15, -0.1) is 0 Å². The number of aromatic nitrogens is 1. The van der Waals surface area contributed by atoms with Crippen molar-refractivity contribution in [1.82, 2.24) is 9.29 Å². The molecule has 6 rings (SSSR count). The molecule has 3 N–H and O–H groups in total. The van der Waals surface area contributed by atoms with Crippen LogP contribution in [0.25, 0.3) is 11.3 Å². The van der Waals surface area contributed by atoms with E-state index in [1.807, 2.05) is 52.8 Å². The van der Waals surface area contributed by atoms with Gasteiger partial charge >= 0.3 is 0 Å². The quantitative estimate of drug-likeness (QED) is 0.453. The Hall–Kier alpha value is -2.91. The Morgan fingerprint density at radius 2 is 1.92 bits per heavy atom. The minimum atomic E-state index is -1.29. The van der Waals surface area contributed by atoms with Crippen molar-refractivity contribution in [3.8, 4) is 17.0 Å². The number of aliphatic hydroxyl groups excluding tert-OH is 1. The summed E-state index contributed by atoms with van der Waals surface area (Å²) in [5.74, 6) is 1.15. The average Bonchev–Trinajstić information content (AvgIpc) is 3.51. The van der Waals surface area contributed by atoms with Crippen LogP contribution in [-0.4, -0.2) is 55.7 Å². The lowest BCUT2D eigenvalue weighted by Crippen LogP contribution is -2.33. The van der Waals surface area contributed by atoms with Gasteiger partial charge in [0, 0.05) is 42.7 Å². The van der Waals surface area contributed by atoms with E-state index in [0.29, 0.717) is 13.0 Å². The first-order valence-electron chi connectivity index (χ1n) is 13.5. The Labute approximate surface area is 233 Å². The summed E-state index contributed by atoms with van der Waals surface area (Å²) in [7, 11) is -1.29. The highest BCUT2D eigenvalue weighted by atomic mass is 32.2. The van der Waals surface area contributed by atoms with Crippen LogP contribution in [0, 0.1) is 0 Å². The molecule has 8 heteroatoms. The number of benzene rings is 2. The molecule has 2 aromatic carbocycles. The fraction of sp³-hybridized carbons (Fsp3) is 0.419.